The van der Waals surface area contributed by atoms with Crippen molar-refractivity contribution in [1.82, 2.24) is 9.80 Å². The molecule has 1 atom stereocenters. The Labute approximate surface area is 149 Å². The molecule has 0 aliphatic carbocycles. The van der Waals surface area contributed by atoms with Crippen LogP contribution in [0.1, 0.15) is 20.3 Å². The Hall–Kier alpha value is -2.24. The number of anilines is 1. The minimum absolute atomic E-state index is 0.0982. The number of likely N-dealkylation sites (tertiary alicyclic amines) is 1. The van der Waals surface area contributed by atoms with Gasteiger partial charge in [0.2, 0.25) is 11.8 Å². The number of rotatable bonds is 4. The topological polar surface area (TPSA) is 53.1 Å². The van der Waals surface area contributed by atoms with Gasteiger partial charge in [-0.15, -0.1) is 0 Å². The molecule has 25 heavy (non-hydrogen) atoms. The first kappa shape index (κ1) is 17.6. The number of carbonyl (C=O) groups excluding carboxylic acids is 2. The van der Waals surface area contributed by atoms with Crippen LogP contribution in [0.2, 0.25) is 0 Å². The molecule has 2 aliphatic heterocycles. The van der Waals surface area contributed by atoms with Gasteiger partial charge in [-0.25, -0.2) is 0 Å². The number of nitrogens with zero attached hydrogens (tertiary/aromatic N) is 3. The second kappa shape index (κ2) is 7.33. The van der Waals surface area contributed by atoms with Crippen molar-refractivity contribution in [3.05, 3.63) is 24.3 Å². The lowest BCUT2D eigenvalue weighted by Crippen LogP contribution is -2.50. The predicted octanol–water partition coefficient (Wildman–Crippen LogP) is 1.60. The third kappa shape index (κ3) is 3.57. The first-order valence-electron chi connectivity index (χ1n) is 8.97. The van der Waals surface area contributed by atoms with Crippen LogP contribution in [0.5, 0.6) is 5.75 Å². The van der Waals surface area contributed by atoms with E-state index >= 15 is 0 Å². The molecule has 0 saturated carbocycles. The fourth-order valence-electron chi connectivity index (χ4n) is 3.71. The fourth-order valence-corrected chi connectivity index (χ4v) is 3.71. The second-order valence-corrected chi connectivity index (χ2v) is 7.03. The molecular weight excluding hydrogens is 318 g/mol. The highest BCUT2D eigenvalue weighted by molar-refractivity contribution is 5.89. The van der Waals surface area contributed by atoms with Crippen molar-refractivity contribution in [3.8, 4) is 5.75 Å². The highest BCUT2D eigenvalue weighted by atomic mass is 16.5. The summed E-state index contributed by atoms with van der Waals surface area (Å²) in [7, 11) is 1.68. The van der Waals surface area contributed by atoms with E-state index in [-0.39, 0.29) is 23.8 Å². The summed E-state index contributed by atoms with van der Waals surface area (Å²) in [6, 6.07) is 8.12. The molecule has 2 amide bonds. The zero-order valence-corrected chi connectivity index (χ0v) is 15.3. The molecule has 0 aromatic heterocycles. The molecule has 2 heterocycles. The van der Waals surface area contributed by atoms with Gasteiger partial charge >= 0.3 is 0 Å². The van der Waals surface area contributed by atoms with Crippen LogP contribution in [0.3, 0.4) is 0 Å². The fraction of sp³-hybridized carbons (Fsp3) is 0.579. The second-order valence-electron chi connectivity index (χ2n) is 7.03. The Kier molecular flexibility index (Phi) is 5.16. The molecule has 0 radical (unpaired) electrons. The van der Waals surface area contributed by atoms with Crippen LogP contribution >= 0.6 is 0 Å². The van der Waals surface area contributed by atoms with E-state index in [1.807, 2.05) is 47.9 Å². The van der Waals surface area contributed by atoms with E-state index in [0.29, 0.717) is 26.1 Å². The molecule has 2 saturated heterocycles. The first-order chi connectivity index (χ1) is 12.0. The Morgan fingerprint density at radius 1 is 1.16 bits per heavy atom. The number of carbonyl (C=O) groups is 2. The normalized spacial score (nSPS) is 21.2. The average molecular weight is 345 g/mol. The van der Waals surface area contributed by atoms with Gasteiger partial charge in [-0.1, -0.05) is 12.1 Å². The molecule has 6 heteroatoms. The summed E-state index contributed by atoms with van der Waals surface area (Å²) < 4.78 is 5.43. The third-order valence-corrected chi connectivity index (χ3v) is 5.15. The molecule has 3 rings (SSSR count). The molecule has 6 nitrogen and oxygen atoms in total. The zero-order chi connectivity index (χ0) is 18.0. The van der Waals surface area contributed by atoms with Gasteiger partial charge in [-0.05, 0) is 26.0 Å². The van der Waals surface area contributed by atoms with E-state index in [4.69, 9.17) is 4.74 Å². The quantitative estimate of drug-likeness (QED) is 0.832. The Morgan fingerprint density at radius 2 is 1.84 bits per heavy atom. The molecular formula is C19H27N3O3. The number of para-hydroxylation sites is 2. The number of ether oxygens (including phenoxy) is 1. The van der Waals surface area contributed by atoms with Crippen LogP contribution in [0.25, 0.3) is 0 Å². The number of amides is 2. The van der Waals surface area contributed by atoms with E-state index in [1.54, 1.807) is 7.11 Å². The van der Waals surface area contributed by atoms with Gasteiger partial charge in [-0.3, -0.25) is 9.59 Å². The van der Waals surface area contributed by atoms with E-state index in [2.05, 4.69) is 4.90 Å². The lowest BCUT2D eigenvalue weighted by molar-refractivity contribution is -0.136. The van der Waals surface area contributed by atoms with Gasteiger partial charge in [0, 0.05) is 45.2 Å². The molecule has 0 N–H and O–H groups in total. The summed E-state index contributed by atoms with van der Waals surface area (Å²) in [5.74, 6) is 0.890. The molecule has 0 spiro atoms. The van der Waals surface area contributed by atoms with Gasteiger partial charge in [0.1, 0.15) is 5.75 Å². The summed E-state index contributed by atoms with van der Waals surface area (Å²) >= 11 is 0. The molecule has 2 aliphatic rings. The number of benzene rings is 1. The first-order valence-corrected chi connectivity index (χ1v) is 8.97. The average Bonchev–Trinajstić information content (AvgIpc) is 3.03. The van der Waals surface area contributed by atoms with Crippen molar-refractivity contribution < 1.29 is 14.3 Å². The van der Waals surface area contributed by atoms with Crippen molar-refractivity contribution >= 4 is 17.5 Å². The lowest BCUT2D eigenvalue weighted by atomic mass is 10.1. The van der Waals surface area contributed by atoms with Gasteiger partial charge in [0.25, 0.3) is 0 Å². The van der Waals surface area contributed by atoms with Gasteiger partial charge in [0.05, 0.1) is 18.7 Å². The zero-order valence-electron chi connectivity index (χ0n) is 15.3. The molecule has 0 bridgehead atoms. The maximum absolute atomic E-state index is 12.8. The summed E-state index contributed by atoms with van der Waals surface area (Å²) in [4.78, 5) is 30.8. The Bertz CT molecular complexity index is 639. The maximum Gasteiger partial charge on any atom is 0.228 e. The molecule has 136 valence electrons. The smallest absolute Gasteiger partial charge is 0.228 e. The monoisotopic (exact) mass is 345 g/mol. The Balaban J connectivity index is 1.59. The summed E-state index contributed by atoms with van der Waals surface area (Å²) in [5, 5.41) is 0. The summed E-state index contributed by atoms with van der Waals surface area (Å²) in [6.07, 6.45) is 0.351. The maximum atomic E-state index is 12.8. The van der Waals surface area contributed by atoms with Crippen LogP contribution in [0, 0.1) is 5.92 Å². The van der Waals surface area contributed by atoms with Crippen molar-refractivity contribution in [2.24, 2.45) is 5.92 Å². The SMILES string of the molecule is COc1ccccc1N1CCN(C(=O)[C@H]2CC(=O)N(C(C)C)C2)CC1. The largest absolute Gasteiger partial charge is 0.495 e. The van der Waals surface area contributed by atoms with Crippen LogP contribution in [-0.4, -0.2) is 67.5 Å². The molecule has 2 fully saturated rings. The van der Waals surface area contributed by atoms with Gasteiger partial charge in [0.15, 0.2) is 0 Å². The van der Waals surface area contributed by atoms with Crippen molar-refractivity contribution in [1.29, 1.82) is 0 Å². The van der Waals surface area contributed by atoms with Crippen LogP contribution < -0.4 is 9.64 Å². The Morgan fingerprint density at radius 3 is 2.44 bits per heavy atom. The number of hydrogen-bond donors (Lipinski definition) is 0. The summed E-state index contributed by atoms with van der Waals surface area (Å²) in [6.45, 7) is 7.48. The number of methoxy groups -OCH3 is 1. The molecule has 0 unspecified atom stereocenters. The minimum atomic E-state index is -0.187. The highest BCUT2D eigenvalue weighted by Crippen LogP contribution is 2.29. The van der Waals surface area contributed by atoms with Gasteiger partial charge in [-0.2, -0.15) is 0 Å². The van der Waals surface area contributed by atoms with E-state index < -0.39 is 0 Å². The van der Waals surface area contributed by atoms with Gasteiger partial charge < -0.3 is 19.4 Å². The van der Waals surface area contributed by atoms with Crippen molar-refractivity contribution in [3.63, 3.8) is 0 Å². The van der Waals surface area contributed by atoms with Crippen LogP contribution in [-0.2, 0) is 9.59 Å². The van der Waals surface area contributed by atoms with Crippen LogP contribution in [0.4, 0.5) is 5.69 Å². The van der Waals surface area contributed by atoms with Crippen molar-refractivity contribution in [2.75, 3.05) is 44.7 Å². The lowest BCUT2D eigenvalue weighted by Gasteiger charge is -2.37. The molecule has 1 aromatic carbocycles. The summed E-state index contributed by atoms with van der Waals surface area (Å²) in [5.41, 5.74) is 1.07. The van der Waals surface area contributed by atoms with Crippen LogP contribution in [0.15, 0.2) is 24.3 Å². The predicted molar refractivity (Wildman–Crippen MR) is 96.7 cm³/mol. The van der Waals surface area contributed by atoms with Crippen molar-refractivity contribution in [2.45, 2.75) is 26.3 Å². The van der Waals surface area contributed by atoms with E-state index in [0.717, 1.165) is 24.5 Å². The standard InChI is InChI=1S/C19H27N3O3/c1-14(2)22-13-15(12-18(22)23)19(24)21-10-8-20(9-11-21)16-6-4-5-7-17(16)25-3/h4-7,14-15H,8-13H2,1-3H3/t15-/m0/s1. The van der Waals surface area contributed by atoms with E-state index in [1.165, 1.54) is 0 Å². The number of piperazine rings is 1. The van der Waals surface area contributed by atoms with E-state index in [9.17, 15) is 9.59 Å². The third-order valence-electron chi connectivity index (χ3n) is 5.15. The number of hydrogen-bond acceptors (Lipinski definition) is 4. The highest BCUT2D eigenvalue weighted by Gasteiger charge is 2.38. The minimum Gasteiger partial charge on any atom is -0.495 e. The molecule has 1 aromatic rings.